The first-order chi connectivity index (χ1) is 15.5. The molecule has 0 spiro atoms. The van der Waals surface area contributed by atoms with Gasteiger partial charge in [-0.1, -0.05) is 12.1 Å². The molecule has 2 N–H and O–H groups in total. The number of rotatable bonds is 4. The highest BCUT2D eigenvalue weighted by Crippen LogP contribution is 2.60. The Labute approximate surface area is 190 Å². The van der Waals surface area contributed by atoms with Crippen LogP contribution >= 0.6 is 11.3 Å². The average Bonchev–Trinajstić information content (AvgIpc) is 3.23. The molecule has 4 aliphatic carbocycles. The van der Waals surface area contributed by atoms with Crippen LogP contribution in [0.25, 0.3) is 10.9 Å². The highest BCUT2D eigenvalue weighted by molar-refractivity contribution is 7.14. The SMILES string of the molecule is CCn1c(=O)c(C(=O)Nc2nc(C34CC5CC(CC(C5)C3)C4)cs2)c(O)c2ccccc21. The number of fused-ring (bicyclic) bond motifs is 1. The van der Waals surface area contributed by atoms with Crippen molar-refractivity contribution >= 4 is 33.3 Å². The van der Waals surface area contributed by atoms with Crippen LogP contribution in [0.3, 0.4) is 0 Å². The topological polar surface area (TPSA) is 84.2 Å². The van der Waals surface area contributed by atoms with Crippen LogP contribution in [0.5, 0.6) is 5.75 Å². The summed E-state index contributed by atoms with van der Waals surface area (Å²) in [5.41, 5.74) is 1.17. The number of hydrogen-bond acceptors (Lipinski definition) is 5. The van der Waals surface area contributed by atoms with Crippen molar-refractivity contribution in [3.05, 3.63) is 51.3 Å². The van der Waals surface area contributed by atoms with Gasteiger partial charge in [0.1, 0.15) is 11.3 Å². The van der Waals surface area contributed by atoms with E-state index in [1.54, 1.807) is 18.2 Å². The lowest BCUT2D eigenvalue weighted by Gasteiger charge is -2.56. The molecule has 0 atom stereocenters. The lowest BCUT2D eigenvalue weighted by atomic mass is 9.49. The maximum atomic E-state index is 13.1. The van der Waals surface area contributed by atoms with E-state index in [9.17, 15) is 14.7 Å². The number of amides is 1. The van der Waals surface area contributed by atoms with Crippen LogP contribution in [0.4, 0.5) is 5.13 Å². The minimum Gasteiger partial charge on any atom is -0.506 e. The lowest BCUT2D eigenvalue weighted by molar-refractivity contribution is -0.00688. The number of aryl methyl sites for hydroxylation is 1. The second kappa shape index (κ2) is 7.17. The van der Waals surface area contributed by atoms with Crippen molar-refractivity contribution in [1.82, 2.24) is 9.55 Å². The van der Waals surface area contributed by atoms with E-state index in [2.05, 4.69) is 10.7 Å². The summed E-state index contributed by atoms with van der Waals surface area (Å²) in [6.45, 7) is 2.26. The molecule has 0 radical (unpaired) electrons. The van der Waals surface area contributed by atoms with Crippen LogP contribution in [0, 0.1) is 17.8 Å². The van der Waals surface area contributed by atoms with Gasteiger partial charge in [-0.25, -0.2) is 4.98 Å². The van der Waals surface area contributed by atoms with Gasteiger partial charge in [0, 0.05) is 22.7 Å². The molecule has 2 heterocycles. The number of aromatic hydroxyl groups is 1. The number of thiazole rings is 1. The molecule has 4 aliphatic rings. The minimum absolute atomic E-state index is 0.161. The van der Waals surface area contributed by atoms with Crippen molar-refractivity contribution in [3.63, 3.8) is 0 Å². The number of pyridine rings is 1. The molecule has 1 amide bonds. The van der Waals surface area contributed by atoms with Gasteiger partial charge >= 0.3 is 0 Å². The summed E-state index contributed by atoms with van der Waals surface area (Å²) < 4.78 is 1.52. The molecule has 0 aliphatic heterocycles. The third-order valence-corrected chi connectivity index (χ3v) is 8.75. The number of nitrogens with zero attached hydrogens (tertiary/aromatic N) is 2. The fourth-order valence-electron chi connectivity index (χ4n) is 7.07. The van der Waals surface area contributed by atoms with Crippen molar-refractivity contribution in [1.29, 1.82) is 0 Å². The highest BCUT2D eigenvalue weighted by Gasteiger charge is 2.52. The second-order valence-corrected chi connectivity index (χ2v) is 10.8. The van der Waals surface area contributed by atoms with E-state index >= 15 is 0 Å². The van der Waals surface area contributed by atoms with E-state index in [1.165, 1.54) is 54.4 Å². The molecule has 1 aromatic carbocycles. The van der Waals surface area contributed by atoms with Gasteiger partial charge in [0.05, 0.1) is 11.2 Å². The van der Waals surface area contributed by atoms with Gasteiger partial charge < -0.3 is 9.67 Å². The van der Waals surface area contributed by atoms with E-state index < -0.39 is 11.5 Å². The maximum Gasteiger partial charge on any atom is 0.267 e. The standard InChI is InChI=1S/C25H27N3O3S/c1-2-28-18-6-4-3-5-17(18)21(29)20(23(28)31)22(30)27-24-26-19(13-32-24)25-10-14-7-15(11-25)9-16(8-14)12-25/h3-6,13-16,29H,2,7-12H2,1H3,(H,26,27,30). The second-order valence-electron chi connectivity index (χ2n) is 9.98. The molecule has 4 fully saturated rings. The Morgan fingerprint density at radius 2 is 1.84 bits per heavy atom. The van der Waals surface area contributed by atoms with Gasteiger partial charge in [0.25, 0.3) is 11.5 Å². The summed E-state index contributed by atoms with van der Waals surface area (Å²) in [5.74, 6) is 1.59. The van der Waals surface area contributed by atoms with E-state index in [0.29, 0.717) is 22.6 Å². The monoisotopic (exact) mass is 449 g/mol. The molecule has 0 saturated heterocycles. The smallest absolute Gasteiger partial charge is 0.267 e. The number of aromatic nitrogens is 2. The van der Waals surface area contributed by atoms with Crippen LogP contribution in [0.15, 0.2) is 34.4 Å². The Bertz CT molecular complexity index is 1260. The average molecular weight is 450 g/mol. The summed E-state index contributed by atoms with van der Waals surface area (Å²) in [5, 5.41) is 16.6. The molecular weight excluding hydrogens is 422 g/mol. The Balaban J connectivity index is 1.32. The molecule has 3 aromatic rings. The summed E-state index contributed by atoms with van der Waals surface area (Å²) in [4.78, 5) is 31.0. The van der Waals surface area contributed by atoms with E-state index in [1.807, 2.05) is 13.0 Å². The van der Waals surface area contributed by atoms with Crippen molar-refractivity contribution in [2.45, 2.75) is 57.4 Å². The van der Waals surface area contributed by atoms with Crippen LogP contribution in [-0.2, 0) is 12.0 Å². The first-order valence-corrected chi connectivity index (χ1v) is 12.5. The molecule has 166 valence electrons. The van der Waals surface area contributed by atoms with E-state index in [4.69, 9.17) is 4.98 Å². The first-order valence-electron chi connectivity index (χ1n) is 11.6. The molecule has 7 heteroatoms. The van der Waals surface area contributed by atoms with Gasteiger partial charge in [-0.3, -0.25) is 14.9 Å². The van der Waals surface area contributed by atoms with Gasteiger partial charge in [-0.2, -0.15) is 0 Å². The number of anilines is 1. The third-order valence-electron chi connectivity index (χ3n) is 8.00. The summed E-state index contributed by atoms with van der Waals surface area (Å²) >= 11 is 1.41. The highest BCUT2D eigenvalue weighted by atomic mass is 32.1. The largest absolute Gasteiger partial charge is 0.506 e. The fourth-order valence-corrected chi connectivity index (χ4v) is 7.90. The molecule has 0 unspecified atom stereocenters. The fraction of sp³-hybridized carbons (Fsp3) is 0.480. The van der Waals surface area contributed by atoms with Crippen LogP contribution in [0.2, 0.25) is 0 Å². The number of benzene rings is 1. The van der Waals surface area contributed by atoms with Crippen LogP contribution < -0.4 is 10.9 Å². The summed E-state index contributed by atoms with van der Waals surface area (Å²) in [7, 11) is 0. The quantitative estimate of drug-likeness (QED) is 0.593. The van der Waals surface area contributed by atoms with Crippen LogP contribution in [-0.4, -0.2) is 20.6 Å². The Morgan fingerprint density at radius 3 is 2.50 bits per heavy atom. The van der Waals surface area contributed by atoms with Gasteiger partial charge in [-0.15, -0.1) is 11.3 Å². The molecule has 4 saturated carbocycles. The molecule has 32 heavy (non-hydrogen) atoms. The molecule has 7 rings (SSSR count). The number of hydrogen-bond donors (Lipinski definition) is 2. The Morgan fingerprint density at radius 1 is 1.19 bits per heavy atom. The Kier molecular flexibility index (Phi) is 4.47. The van der Waals surface area contributed by atoms with Crippen molar-refractivity contribution < 1.29 is 9.90 Å². The molecule has 2 aromatic heterocycles. The summed E-state index contributed by atoms with van der Waals surface area (Å²) in [6, 6.07) is 7.10. The zero-order valence-electron chi connectivity index (χ0n) is 18.1. The zero-order valence-corrected chi connectivity index (χ0v) is 19.0. The van der Waals surface area contributed by atoms with Crippen molar-refractivity contribution in [2.75, 3.05) is 5.32 Å². The third kappa shape index (κ3) is 2.94. The Hall–Kier alpha value is -2.67. The molecular formula is C25H27N3O3S. The zero-order chi connectivity index (χ0) is 22.0. The predicted octanol–water partition coefficient (Wildman–Crippen LogP) is 4.90. The van der Waals surface area contributed by atoms with Gasteiger partial charge in [0.15, 0.2) is 5.13 Å². The van der Waals surface area contributed by atoms with E-state index in [0.717, 1.165) is 23.4 Å². The normalized spacial score (nSPS) is 28.3. The van der Waals surface area contributed by atoms with Gasteiger partial charge in [0.2, 0.25) is 0 Å². The van der Waals surface area contributed by atoms with Crippen molar-refractivity contribution in [3.8, 4) is 5.75 Å². The number of para-hydroxylation sites is 1. The predicted molar refractivity (Wildman–Crippen MR) is 125 cm³/mol. The summed E-state index contributed by atoms with van der Waals surface area (Å²) in [6.07, 6.45) is 7.75. The maximum absolute atomic E-state index is 13.1. The number of nitrogens with one attached hydrogen (secondary N) is 1. The van der Waals surface area contributed by atoms with Crippen molar-refractivity contribution in [2.24, 2.45) is 17.8 Å². The first kappa shape index (κ1) is 20.0. The molecule has 6 nitrogen and oxygen atoms in total. The van der Waals surface area contributed by atoms with E-state index in [-0.39, 0.29) is 16.7 Å². The van der Waals surface area contributed by atoms with Gasteiger partial charge in [-0.05, 0) is 75.3 Å². The number of carbonyl (C=O) groups is 1. The minimum atomic E-state index is -0.605. The van der Waals surface area contributed by atoms with Crippen LogP contribution in [0.1, 0.15) is 61.5 Å². The number of carbonyl (C=O) groups excluding carboxylic acids is 1. The lowest BCUT2D eigenvalue weighted by Crippen LogP contribution is -2.48. The molecule has 4 bridgehead atoms.